The Labute approximate surface area is 136 Å². The smallest absolute Gasteiger partial charge is 0.337 e. The van der Waals surface area contributed by atoms with Crippen LogP contribution in [-0.4, -0.2) is 30.1 Å². The van der Waals surface area contributed by atoms with Crippen LogP contribution in [0.1, 0.15) is 43.9 Å². The van der Waals surface area contributed by atoms with E-state index in [1.54, 1.807) is 4.90 Å². The summed E-state index contributed by atoms with van der Waals surface area (Å²) in [7, 11) is 1.37. The Balaban J connectivity index is 2.03. The van der Waals surface area contributed by atoms with Crippen LogP contribution in [0.2, 0.25) is 0 Å². The minimum absolute atomic E-state index is 0.137. The zero-order chi connectivity index (χ0) is 16.6. The van der Waals surface area contributed by atoms with E-state index in [0.29, 0.717) is 11.3 Å². The van der Waals surface area contributed by atoms with Gasteiger partial charge in [-0.2, -0.15) is 0 Å². The van der Waals surface area contributed by atoms with Crippen molar-refractivity contribution in [2.45, 2.75) is 45.2 Å². The molecule has 1 heterocycles. The maximum absolute atomic E-state index is 12.5. The molecule has 2 amide bonds. The van der Waals surface area contributed by atoms with Crippen LogP contribution in [0.3, 0.4) is 0 Å². The Morgan fingerprint density at radius 2 is 1.96 bits per heavy atom. The average Bonchev–Trinajstić information content (AvgIpc) is 3.38. The maximum Gasteiger partial charge on any atom is 0.337 e. The number of ether oxygens (including phenoxy) is 1. The number of amides is 2. The number of rotatable bonds is 4. The largest absolute Gasteiger partial charge is 0.466 e. The SMILES string of the molecule is CCc1ccc([C@H]2NC(=O)N(C3CC3)C(C)=C2C(=O)OC)cc1. The summed E-state index contributed by atoms with van der Waals surface area (Å²) in [5, 5.41) is 2.97. The Bertz CT molecular complexity index is 659. The van der Waals surface area contributed by atoms with Crippen molar-refractivity contribution in [1.29, 1.82) is 0 Å². The topological polar surface area (TPSA) is 58.6 Å². The molecule has 3 rings (SSSR count). The maximum atomic E-state index is 12.5. The van der Waals surface area contributed by atoms with Gasteiger partial charge in [0.15, 0.2) is 0 Å². The number of hydrogen-bond acceptors (Lipinski definition) is 3. The fourth-order valence-electron chi connectivity index (χ4n) is 3.10. The monoisotopic (exact) mass is 314 g/mol. The van der Waals surface area contributed by atoms with Gasteiger partial charge < -0.3 is 10.1 Å². The first-order valence-electron chi connectivity index (χ1n) is 8.04. The van der Waals surface area contributed by atoms with Crippen molar-refractivity contribution < 1.29 is 14.3 Å². The number of carbonyl (C=O) groups is 2. The third-order valence-corrected chi connectivity index (χ3v) is 4.57. The van der Waals surface area contributed by atoms with E-state index >= 15 is 0 Å². The Hall–Kier alpha value is -2.30. The normalized spacial score (nSPS) is 21.3. The van der Waals surface area contributed by atoms with Crippen molar-refractivity contribution in [1.82, 2.24) is 10.2 Å². The van der Waals surface area contributed by atoms with Gasteiger partial charge in [0.1, 0.15) is 0 Å². The zero-order valence-corrected chi connectivity index (χ0v) is 13.8. The van der Waals surface area contributed by atoms with E-state index in [0.717, 1.165) is 24.8 Å². The third kappa shape index (κ3) is 2.83. The molecular weight excluding hydrogens is 292 g/mol. The quantitative estimate of drug-likeness (QED) is 0.869. The molecule has 1 aromatic rings. The molecule has 23 heavy (non-hydrogen) atoms. The number of allylic oxidation sites excluding steroid dienone is 1. The molecule has 1 atom stereocenters. The molecule has 0 radical (unpaired) electrons. The van der Waals surface area contributed by atoms with Crippen molar-refractivity contribution in [3.8, 4) is 0 Å². The molecule has 1 saturated carbocycles. The summed E-state index contributed by atoms with van der Waals surface area (Å²) >= 11 is 0. The number of nitrogens with zero attached hydrogens (tertiary/aromatic N) is 1. The molecule has 5 heteroatoms. The summed E-state index contributed by atoms with van der Waals surface area (Å²) in [6.45, 7) is 3.92. The lowest BCUT2D eigenvalue weighted by Crippen LogP contribution is -2.48. The average molecular weight is 314 g/mol. The van der Waals surface area contributed by atoms with E-state index in [9.17, 15) is 9.59 Å². The van der Waals surface area contributed by atoms with Gasteiger partial charge in [0.25, 0.3) is 0 Å². The zero-order valence-electron chi connectivity index (χ0n) is 13.8. The molecule has 1 aromatic carbocycles. The van der Waals surface area contributed by atoms with Crippen molar-refractivity contribution >= 4 is 12.0 Å². The number of carbonyl (C=O) groups excluding carboxylic acids is 2. The molecule has 1 fully saturated rings. The summed E-state index contributed by atoms with van der Waals surface area (Å²) in [5.74, 6) is -0.391. The fraction of sp³-hybridized carbons (Fsp3) is 0.444. The second-order valence-corrected chi connectivity index (χ2v) is 6.07. The number of aryl methyl sites for hydroxylation is 1. The molecule has 1 aliphatic heterocycles. The van der Waals surface area contributed by atoms with Crippen LogP contribution in [0.15, 0.2) is 35.5 Å². The summed E-state index contributed by atoms with van der Waals surface area (Å²) in [6.07, 6.45) is 2.91. The summed E-state index contributed by atoms with van der Waals surface area (Å²) in [5.41, 5.74) is 3.33. The van der Waals surface area contributed by atoms with Crippen LogP contribution in [0.5, 0.6) is 0 Å². The van der Waals surface area contributed by atoms with E-state index < -0.39 is 12.0 Å². The first-order chi connectivity index (χ1) is 11.1. The van der Waals surface area contributed by atoms with Gasteiger partial charge in [0.05, 0.1) is 18.7 Å². The van der Waals surface area contributed by atoms with Crippen LogP contribution >= 0.6 is 0 Å². The summed E-state index contributed by atoms with van der Waals surface area (Å²) in [4.78, 5) is 26.5. The van der Waals surface area contributed by atoms with Crippen molar-refractivity contribution in [3.05, 3.63) is 46.7 Å². The first-order valence-corrected chi connectivity index (χ1v) is 8.04. The number of methoxy groups -OCH3 is 1. The second-order valence-electron chi connectivity index (χ2n) is 6.07. The highest BCUT2D eigenvalue weighted by atomic mass is 16.5. The number of urea groups is 1. The summed E-state index contributed by atoms with van der Waals surface area (Å²) < 4.78 is 4.97. The van der Waals surface area contributed by atoms with Gasteiger partial charge in [0.2, 0.25) is 0 Å². The summed E-state index contributed by atoms with van der Waals surface area (Å²) in [6, 6.07) is 7.59. The lowest BCUT2D eigenvalue weighted by Gasteiger charge is -2.35. The first kappa shape index (κ1) is 15.6. The molecule has 1 N–H and O–H groups in total. The van der Waals surface area contributed by atoms with E-state index in [2.05, 4.69) is 12.2 Å². The van der Waals surface area contributed by atoms with Gasteiger partial charge in [0, 0.05) is 11.7 Å². The fourth-order valence-corrected chi connectivity index (χ4v) is 3.10. The van der Waals surface area contributed by atoms with E-state index in [-0.39, 0.29) is 12.1 Å². The van der Waals surface area contributed by atoms with Crippen LogP contribution in [0.25, 0.3) is 0 Å². The van der Waals surface area contributed by atoms with Gasteiger partial charge >= 0.3 is 12.0 Å². The Morgan fingerprint density at radius 3 is 2.48 bits per heavy atom. The molecule has 0 aromatic heterocycles. The molecular formula is C18H22N2O3. The number of nitrogens with one attached hydrogen (secondary N) is 1. The highest BCUT2D eigenvalue weighted by molar-refractivity contribution is 5.95. The standard InChI is InChI=1S/C18H22N2O3/c1-4-12-5-7-13(8-6-12)16-15(17(21)23-3)11(2)20(14-9-10-14)18(22)19-16/h5-8,14,16H,4,9-10H2,1-3H3,(H,19,22)/t16-/m1/s1. The Morgan fingerprint density at radius 1 is 1.30 bits per heavy atom. The minimum Gasteiger partial charge on any atom is -0.466 e. The van der Waals surface area contributed by atoms with Gasteiger partial charge in [-0.3, -0.25) is 4.90 Å². The molecule has 0 saturated heterocycles. The van der Waals surface area contributed by atoms with Crippen molar-refractivity contribution in [2.75, 3.05) is 7.11 Å². The third-order valence-electron chi connectivity index (χ3n) is 4.57. The van der Waals surface area contributed by atoms with Gasteiger partial charge in [-0.25, -0.2) is 9.59 Å². The molecule has 5 nitrogen and oxygen atoms in total. The van der Waals surface area contributed by atoms with Crippen LogP contribution in [0.4, 0.5) is 4.79 Å². The van der Waals surface area contributed by atoms with Crippen LogP contribution in [-0.2, 0) is 16.0 Å². The molecule has 1 aliphatic carbocycles. The van der Waals surface area contributed by atoms with Gasteiger partial charge in [-0.1, -0.05) is 31.2 Å². The van der Waals surface area contributed by atoms with E-state index in [4.69, 9.17) is 4.74 Å². The molecule has 0 unspecified atom stereocenters. The highest BCUT2D eigenvalue weighted by Crippen LogP contribution is 2.37. The van der Waals surface area contributed by atoms with E-state index in [1.165, 1.54) is 12.7 Å². The molecule has 0 spiro atoms. The van der Waals surface area contributed by atoms with Gasteiger partial charge in [-0.15, -0.1) is 0 Å². The lowest BCUT2D eigenvalue weighted by atomic mass is 9.94. The van der Waals surface area contributed by atoms with E-state index in [1.807, 2.05) is 31.2 Å². The van der Waals surface area contributed by atoms with Gasteiger partial charge in [-0.05, 0) is 37.3 Å². The predicted molar refractivity (Wildman–Crippen MR) is 86.7 cm³/mol. The molecule has 122 valence electrons. The lowest BCUT2D eigenvalue weighted by molar-refractivity contribution is -0.136. The van der Waals surface area contributed by atoms with Crippen molar-refractivity contribution in [2.24, 2.45) is 0 Å². The van der Waals surface area contributed by atoms with Crippen molar-refractivity contribution in [3.63, 3.8) is 0 Å². The highest BCUT2D eigenvalue weighted by Gasteiger charge is 2.42. The van der Waals surface area contributed by atoms with Crippen LogP contribution < -0.4 is 5.32 Å². The van der Waals surface area contributed by atoms with Crippen LogP contribution in [0, 0.1) is 0 Å². The number of esters is 1. The molecule has 0 bridgehead atoms. The predicted octanol–water partition coefficient (Wildman–Crippen LogP) is 2.92. The molecule has 2 aliphatic rings. The minimum atomic E-state index is -0.462. The number of benzene rings is 1. The second kappa shape index (κ2) is 6.07. The Kier molecular flexibility index (Phi) is 4.11. The number of hydrogen-bond donors (Lipinski definition) is 1.